The van der Waals surface area contributed by atoms with Crippen molar-refractivity contribution >= 4 is 35.2 Å². The molecule has 0 bridgehead atoms. The minimum absolute atomic E-state index is 0.0251. The fourth-order valence-corrected chi connectivity index (χ4v) is 4.61. The van der Waals surface area contributed by atoms with Gasteiger partial charge < -0.3 is 20.3 Å². The first-order chi connectivity index (χ1) is 18.1. The molecule has 0 aromatic heterocycles. The molecule has 210 valence electrons. The molecule has 2 unspecified atom stereocenters. The summed E-state index contributed by atoms with van der Waals surface area (Å²) in [6.45, 7) is 14.2. The van der Waals surface area contributed by atoms with E-state index in [1.807, 2.05) is 65.0 Å². The number of rotatable bonds is 9. The summed E-state index contributed by atoms with van der Waals surface area (Å²) in [5, 5.41) is 15.6. The molecule has 0 fully saturated rings. The van der Waals surface area contributed by atoms with Crippen molar-refractivity contribution in [3.8, 4) is 6.07 Å². The summed E-state index contributed by atoms with van der Waals surface area (Å²) in [6, 6.07) is 10.7. The minimum atomic E-state index is -1.17. The average Bonchev–Trinajstić information content (AvgIpc) is 2.78. The molecule has 0 aliphatic carbocycles. The van der Waals surface area contributed by atoms with E-state index in [0.29, 0.717) is 16.3 Å². The summed E-state index contributed by atoms with van der Waals surface area (Å²) < 4.78 is 5.39. The number of alkyl carbamates (subject to hydrolysis) is 1. The van der Waals surface area contributed by atoms with E-state index in [0.717, 1.165) is 16.7 Å². The van der Waals surface area contributed by atoms with E-state index >= 15 is 0 Å². The lowest BCUT2D eigenvalue weighted by Crippen LogP contribution is -2.53. The number of nitrogens with zero attached hydrogens (tertiary/aromatic N) is 2. The summed E-state index contributed by atoms with van der Waals surface area (Å²) in [4.78, 5) is 41.8. The van der Waals surface area contributed by atoms with Gasteiger partial charge in [0.25, 0.3) is 5.91 Å². The topological polar surface area (TPSA) is 112 Å². The Kier molecular flexibility index (Phi) is 10.9. The van der Waals surface area contributed by atoms with Crippen molar-refractivity contribution in [1.29, 1.82) is 5.26 Å². The maximum absolute atomic E-state index is 14.0. The number of benzene rings is 2. The quantitative estimate of drug-likeness (QED) is 0.356. The Labute approximate surface area is 236 Å². The summed E-state index contributed by atoms with van der Waals surface area (Å²) in [5.41, 5.74) is 2.74. The van der Waals surface area contributed by atoms with Crippen molar-refractivity contribution in [3.63, 3.8) is 0 Å². The third-order valence-electron chi connectivity index (χ3n) is 5.81. The van der Waals surface area contributed by atoms with Gasteiger partial charge in [0.1, 0.15) is 24.2 Å². The lowest BCUT2D eigenvalue weighted by Gasteiger charge is -2.33. The van der Waals surface area contributed by atoms with E-state index in [1.54, 1.807) is 32.9 Å². The van der Waals surface area contributed by atoms with Crippen LogP contribution in [-0.2, 0) is 14.3 Å². The molecule has 0 saturated heterocycles. The van der Waals surface area contributed by atoms with Crippen LogP contribution >= 0.6 is 11.6 Å². The van der Waals surface area contributed by atoms with Crippen LogP contribution in [0.2, 0.25) is 5.02 Å². The van der Waals surface area contributed by atoms with Gasteiger partial charge in [0.2, 0.25) is 5.91 Å². The van der Waals surface area contributed by atoms with E-state index < -0.39 is 35.6 Å². The number of carbonyl (C=O) groups is 3. The van der Waals surface area contributed by atoms with Crippen molar-refractivity contribution in [3.05, 3.63) is 63.7 Å². The lowest BCUT2D eigenvalue weighted by atomic mass is 9.97. The zero-order chi connectivity index (χ0) is 29.5. The van der Waals surface area contributed by atoms with Crippen LogP contribution in [0, 0.1) is 38.0 Å². The predicted molar refractivity (Wildman–Crippen MR) is 153 cm³/mol. The molecule has 0 aliphatic heterocycles. The van der Waals surface area contributed by atoms with Gasteiger partial charge in [0.15, 0.2) is 0 Å². The van der Waals surface area contributed by atoms with Crippen molar-refractivity contribution in [2.45, 2.75) is 79.5 Å². The Morgan fingerprint density at radius 1 is 1.08 bits per heavy atom. The fourth-order valence-electron chi connectivity index (χ4n) is 4.34. The first-order valence-electron chi connectivity index (χ1n) is 12.9. The molecule has 2 aromatic carbocycles. The smallest absolute Gasteiger partial charge is 0.408 e. The van der Waals surface area contributed by atoms with Gasteiger partial charge in [-0.1, -0.05) is 66.9 Å². The Morgan fingerprint density at radius 3 is 2.21 bits per heavy atom. The van der Waals surface area contributed by atoms with Gasteiger partial charge in [-0.3, -0.25) is 9.59 Å². The van der Waals surface area contributed by atoms with Gasteiger partial charge in [-0.25, -0.2) is 4.79 Å². The number of carbonyl (C=O) groups excluding carboxylic acids is 3. The second kappa shape index (κ2) is 13.5. The highest BCUT2D eigenvalue weighted by atomic mass is 35.5. The number of amides is 3. The number of hydrogen-bond donors (Lipinski definition) is 2. The third-order valence-corrected chi connectivity index (χ3v) is 6.13. The summed E-state index contributed by atoms with van der Waals surface area (Å²) in [7, 11) is 0. The molecular weight excluding hydrogens is 516 g/mol. The summed E-state index contributed by atoms with van der Waals surface area (Å²) in [6.07, 6.45) is -0.470. The monoisotopic (exact) mass is 554 g/mol. The molecule has 39 heavy (non-hydrogen) atoms. The van der Waals surface area contributed by atoms with Crippen LogP contribution in [-0.4, -0.2) is 41.0 Å². The Hall–Kier alpha value is -3.57. The van der Waals surface area contributed by atoms with Crippen LogP contribution < -0.4 is 10.6 Å². The van der Waals surface area contributed by atoms with E-state index in [9.17, 15) is 19.6 Å². The second-order valence-electron chi connectivity index (χ2n) is 11.2. The summed E-state index contributed by atoms with van der Waals surface area (Å²) >= 11 is 6.39. The molecule has 0 spiro atoms. The average molecular weight is 555 g/mol. The molecule has 3 amide bonds. The van der Waals surface area contributed by atoms with E-state index in [2.05, 4.69) is 10.6 Å². The van der Waals surface area contributed by atoms with E-state index in [1.165, 1.54) is 4.90 Å². The minimum Gasteiger partial charge on any atom is -0.444 e. The number of aryl methyl sites for hydroxylation is 3. The van der Waals surface area contributed by atoms with Gasteiger partial charge in [-0.15, -0.1) is 0 Å². The van der Waals surface area contributed by atoms with Crippen LogP contribution in [0.3, 0.4) is 0 Å². The first kappa shape index (κ1) is 31.6. The SMILES string of the molecule is Cc1cc(C)cc(C(C(=O)Nc2c(C)cccc2Cl)N(CC#N)C(=O)C(CC(C)C)NC(=O)OC(C)(C)C)c1. The maximum atomic E-state index is 14.0. The number of ether oxygens (including phenoxy) is 1. The molecule has 0 heterocycles. The first-order valence-corrected chi connectivity index (χ1v) is 13.3. The molecular formula is C30H39ClN4O4. The van der Waals surface area contributed by atoms with Gasteiger partial charge in [0.05, 0.1) is 16.8 Å². The molecule has 2 N–H and O–H groups in total. The molecule has 8 nitrogen and oxygen atoms in total. The highest BCUT2D eigenvalue weighted by Crippen LogP contribution is 2.30. The van der Waals surface area contributed by atoms with Crippen molar-refractivity contribution in [1.82, 2.24) is 10.2 Å². The molecule has 0 radical (unpaired) electrons. The van der Waals surface area contributed by atoms with Gasteiger partial charge in [-0.2, -0.15) is 5.26 Å². The number of nitrogens with one attached hydrogen (secondary N) is 2. The maximum Gasteiger partial charge on any atom is 0.408 e. The Balaban J connectivity index is 2.60. The molecule has 2 aromatic rings. The number of anilines is 1. The molecule has 9 heteroatoms. The van der Waals surface area contributed by atoms with E-state index in [-0.39, 0.29) is 18.9 Å². The number of nitriles is 1. The number of hydrogen-bond acceptors (Lipinski definition) is 5. The van der Waals surface area contributed by atoms with Crippen LogP contribution in [0.5, 0.6) is 0 Å². The van der Waals surface area contributed by atoms with Gasteiger partial charge in [0, 0.05) is 0 Å². The standard InChI is InChI=1S/C30H39ClN4O4/c1-18(2)14-24(33-29(38)39-30(6,7)8)28(37)35(13-12-32)26(22-16-19(3)15-20(4)17-22)27(36)34-25-21(5)10-9-11-23(25)31/h9-11,15-18,24,26H,13-14H2,1-8H3,(H,33,38)(H,34,36). The zero-order valence-electron chi connectivity index (χ0n) is 24.0. The molecule has 0 saturated carbocycles. The van der Waals surface area contributed by atoms with Gasteiger partial charge >= 0.3 is 6.09 Å². The number of para-hydroxylation sites is 1. The largest absolute Gasteiger partial charge is 0.444 e. The molecule has 0 aliphatic rings. The van der Waals surface area contributed by atoms with E-state index in [4.69, 9.17) is 16.3 Å². The predicted octanol–water partition coefficient (Wildman–Crippen LogP) is 6.24. The van der Waals surface area contributed by atoms with Crippen LogP contribution in [0.1, 0.15) is 69.3 Å². The third kappa shape index (κ3) is 9.29. The van der Waals surface area contributed by atoms with Crippen LogP contribution in [0.4, 0.5) is 10.5 Å². The van der Waals surface area contributed by atoms with Crippen molar-refractivity contribution < 1.29 is 19.1 Å². The highest BCUT2D eigenvalue weighted by Gasteiger charge is 2.37. The second-order valence-corrected chi connectivity index (χ2v) is 11.6. The Morgan fingerprint density at radius 2 is 1.69 bits per heavy atom. The molecule has 2 rings (SSSR count). The van der Waals surface area contributed by atoms with Crippen LogP contribution in [0.15, 0.2) is 36.4 Å². The zero-order valence-corrected chi connectivity index (χ0v) is 24.8. The summed E-state index contributed by atoms with van der Waals surface area (Å²) in [5.74, 6) is -1.07. The fraction of sp³-hybridized carbons (Fsp3) is 0.467. The van der Waals surface area contributed by atoms with Crippen molar-refractivity contribution in [2.24, 2.45) is 5.92 Å². The highest BCUT2D eigenvalue weighted by molar-refractivity contribution is 6.34. The van der Waals surface area contributed by atoms with Crippen LogP contribution in [0.25, 0.3) is 0 Å². The number of halogens is 1. The lowest BCUT2D eigenvalue weighted by molar-refractivity contribution is -0.140. The molecule has 2 atom stereocenters. The normalized spacial score (nSPS) is 12.7. The Bertz CT molecular complexity index is 1210. The van der Waals surface area contributed by atoms with Crippen molar-refractivity contribution in [2.75, 3.05) is 11.9 Å². The van der Waals surface area contributed by atoms with Gasteiger partial charge in [-0.05, 0) is 71.1 Å².